The maximum absolute atomic E-state index is 3.81. The molecular formula is C5H9N3S. The zero-order chi connectivity index (χ0) is 6.53. The topological polar surface area (TPSA) is 37.8 Å². The number of nitrogens with zero attached hydrogens (tertiary/aromatic N) is 2. The van der Waals surface area contributed by atoms with Crippen LogP contribution < -0.4 is 5.32 Å². The fourth-order valence-corrected chi connectivity index (χ4v) is 0.956. The van der Waals surface area contributed by atoms with Crippen molar-refractivity contribution in [2.24, 2.45) is 0 Å². The summed E-state index contributed by atoms with van der Waals surface area (Å²) in [5, 5.41) is 11.5. The van der Waals surface area contributed by atoms with Gasteiger partial charge in [-0.25, -0.2) is 0 Å². The molecule has 1 rings (SSSR count). The van der Waals surface area contributed by atoms with Crippen LogP contribution in [-0.2, 0) is 0 Å². The molecule has 0 aliphatic rings. The molecule has 0 aliphatic heterocycles. The van der Waals surface area contributed by atoms with Crippen LogP contribution in [0.3, 0.4) is 0 Å². The van der Waals surface area contributed by atoms with E-state index in [2.05, 4.69) is 22.4 Å². The van der Waals surface area contributed by atoms with Crippen molar-refractivity contribution in [3.05, 3.63) is 5.51 Å². The van der Waals surface area contributed by atoms with Crippen LogP contribution in [0.4, 0.5) is 5.13 Å². The van der Waals surface area contributed by atoms with Crippen LogP contribution in [0.2, 0.25) is 0 Å². The van der Waals surface area contributed by atoms with Gasteiger partial charge < -0.3 is 5.32 Å². The first kappa shape index (κ1) is 6.48. The molecule has 50 valence electrons. The van der Waals surface area contributed by atoms with E-state index < -0.39 is 0 Å². The van der Waals surface area contributed by atoms with Gasteiger partial charge in [0.05, 0.1) is 0 Å². The molecule has 0 spiro atoms. The minimum atomic E-state index is 0.914. The highest BCUT2D eigenvalue weighted by atomic mass is 32.1. The Morgan fingerprint density at radius 3 is 3.22 bits per heavy atom. The summed E-state index contributed by atoms with van der Waals surface area (Å²) in [6, 6.07) is 0. The highest BCUT2D eigenvalue weighted by Crippen LogP contribution is 2.06. The van der Waals surface area contributed by atoms with Crippen LogP contribution in [0, 0.1) is 0 Å². The number of anilines is 1. The van der Waals surface area contributed by atoms with Gasteiger partial charge in [0, 0.05) is 6.54 Å². The van der Waals surface area contributed by atoms with Gasteiger partial charge in [0.25, 0.3) is 0 Å². The summed E-state index contributed by atoms with van der Waals surface area (Å²) in [7, 11) is 0. The Morgan fingerprint density at radius 1 is 1.78 bits per heavy atom. The van der Waals surface area contributed by atoms with E-state index in [9.17, 15) is 0 Å². The maximum atomic E-state index is 3.81. The maximum Gasteiger partial charge on any atom is 0.205 e. The number of rotatable bonds is 3. The molecule has 0 amide bonds. The fraction of sp³-hybridized carbons (Fsp3) is 0.600. The van der Waals surface area contributed by atoms with Crippen molar-refractivity contribution in [1.82, 2.24) is 10.2 Å². The van der Waals surface area contributed by atoms with Crippen molar-refractivity contribution < 1.29 is 0 Å². The minimum absolute atomic E-state index is 0.914. The Labute approximate surface area is 58.1 Å². The van der Waals surface area contributed by atoms with E-state index >= 15 is 0 Å². The molecule has 0 unspecified atom stereocenters. The second kappa shape index (κ2) is 3.40. The van der Waals surface area contributed by atoms with Gasteiger partial charge in [-0.1, -0.05) is 18.3 Å². The largest absolute Gasteiger partial charge is 0.360 e. The Kier molecular flexibility index (Phi) is 2.45. The lowest BCUT2D eigenvalue weighted by molar-refractivity contribution is 0.963. The lowest BCUT2D eigenvalue weighted by atomic mass is 10.5. The second-order valence-electron chi connectivity index (χ2n) is 1.67. The lowest BCUT2D eigenvalue weighted by Gasteiger charge is -1.94. The zero-order valence-corrected chi connectivity index (χ0v) is 6.11. The lowest BCUT2D eigenvalue weighted by Crippen LogP contribution is -1.98. The molecule has 1 aromatic rings. The molecule has 0 saturated carbocycles. The van der Waals surface area contributed by atoms with E-state index in [4.69, 9.17) is 0 Å². The molecule has 1 heterocycles. The molecule has 9 heavy (non-hydrogen) atoms. The molecule has 3 nitrogen and oxygen atoms in total. The van der Waals surface area contributed by atoms with Crippen LogP contribution in [0.5, 0.6) is 0 Å². The standard InChI is InChI=1S/C5H9N3S/c1-2-3-6-5-8-7-4-9-5/h4H,2-3H2,1H3,(H,6,8). The molecular weight excluding hydrogens is 134 g/mol. The molecule has 0 fully saturated rings. The zero-order valence-electron chi connectivity index (χ0n) is 5.29. The summed E-state index contributed by atoms with van der Waals surface area (Å²) >= 11 is 1.53. The number of hydrogen-bond acceptors (Lipinski definition) is 4. The first-order chi connectivity index (χ1) is 4.43. The van der Waals surface area contributed by atoms with E-state index in [0.29, 0.717) is 0 Å². The number of hydrogen-bond donors (Lipinski definition) is 1. The van der Waals surface area contributed by atoms with E-state index in [1.807, 2.05) is 0 Å². The summed E-state index contributed by atoms with van der Waals surface area (Å²) in [6.45, 7) is 3.10. The summed E-state index contributed by atoms with van der Waals surface area (Å²) < 4.78 is 0. The first-order valence-corrected chi connectivity index (χ1v) is 3.81. The highest BCUT2D eigenvalue weighted by Gasteiger charge is 1.89. The van der Waals surface area contributed by atoms with Crippen molar-refractivity contribution in [3.63, 3.8) is 0 Å². The first-order valence-electron chi connectivity index (χ1n) is 2.93. The average Bonchev–Trinajstić information content (AvgIpc) is 2.34. The van der Waals surface area contributed by atoms with Crippen LogP contribution in [0.1, 0.15) is 13.3 Å². The third kappa shape index (κ3) is 1.97. The molecule has 0 saturated heterocycles. The Hall–Kier alpha value is -0.640. The third-order valence-electron chi connectivity index (χ3n) is 0.886. The molecule has 1 N–H and O–H groups in total. The summed E-state index contributed by atoms with van der Waals surface area (Å²) in [5.41, 5.74) is 1.72. The number of aromatic nitrogens is 2. The normalized spacial score (nSPS) is 9.44. The smallest absolute Gasteiger partial charge is 0.205 e. The van der Waals surface area contributed by atoms with Crippen molar-refractivity contribution in [1.29, 1.82) is 0 Å². The number of nitrogens with one attached hydrogen (secondary N) is 1. The van der Waals surface area contributed by atoms with E-state index in [-0.39, 0.29) is 0 Å². The van der Waals surface area contributed by atoms with Crippen molar-refractivity contribution in [2.45, 2.75) is 13.3 Å². The van der Waals surface area contributed by atoms with Gasteiger partial charge in [0.15, 0.2) is 0 Å². The Bertz CT molecular complexity index is 149. The fourth-order valence-electron chi connectivity index (χ4n) is 0.482. The molecule has 1 aromatic heterocycles. The minimum Gasteiger partial charge on any atom is -0.360 e. The molecule has 0 atom stereocenters. The van der Waals surface area contributed by atoms with E-state index in [1.54, 1.807) is 5.51 Å². The highest BCUT2D eigenvalue weighted by molar-refractivity contribution is 7.13. The molecule has 0 aromatic carbocycles. The SMILES string of the molecule is CCCNc1nncs1. The van der Waals surface area contributed by atoms with Gasteiger partial charge in [-0.3, -0.25) is 0 Å². The summed E-state index contributed by atoms with van der Waals surface area (Å²) in [4.78, 5) is 0. The predicted octanol–water partition coefficient (Wildman–Crippen LogP) is 1.36. The van der Waals surface area contributed by atoms with Gasteiger partial charge >= 0.3 is 0 Å². The quantitative estimate of drug-likeness (QED) is 0.694. The van der Waals surface area contributed by atoms with Gasteiger partial charge in [-0.05, 0) is 6.42 Å². The predicted molar refractivity (Wildman–Crippen MR) is 38.7 cm³/mol. The molecule has 0 radical (unpaired) electrons. The van der Waals surface area contributed by atoms with Crippen LogP contribution in [0.15, 0.2) is 5.51 Å². The van der Waals surface area contributed by atoms with Gasteiger partial charge in [0.2, 0.25) is 5.13 Å². The third-order valence-corrected chi connectivity index (χ3v) is 1.54. The van der Waals surface area contributed by atoms with E-state index in [1.165, 1.54) is 11.3 Å². The molecule has 0 aliphatic carbocycles. The summed E-state index contributed by atoms with van der Waals surface area (Å²) in [6.07, 6.45) is 1.12. The van der Waals surface area contributed by atoms with Crippen LogP contribution >= 0.6 is 11.3 Å². The monoisotopic (exact) mass is 143 g/mol. The average molecular weight is 143 g/mol. The van der Waals surface area contributed by atoms with Crippen LogP contribution in [0.25, 0.3) is 0 Å². The molecule has 0 bridgehead atoms. The Morgan fingerprint density at radius 2 is 2.67 bits per heavy atom. The second-order valence-corrected chi connectivity index (χ2v) is 2.50. The van der Waals surface area contributed by atoms with Crippen molar-refractivity contribution in [3.8, 4) is 0 Å². The van der Waals surface area contributed by atoms with Crippen molar-refractivity contribution >= 4 is 16.5 Å². The molecule has 4 heteroatoms. The Balaban J connectivity index is 2.30. The van der Waals surface area contributed by atoms with Crippen molar-refractivity contribution in [2.75, 3.05) is 11.9 Å². The van der Waals surface area contributed by atoms with Gasteiger partial charge in [0.1, 0.15) is 5.51 Å². The van der Waals surface area contributed by atoms with Gasteiger partial charge in [-0.15, -0.1) is 10.2 Å². The van der Waals surface area contributed by atoms with Crippen LogP contribution in [-0.4, -0.2) is 16.7 Å². The summed E-state index contributed by atoms with van der Waals surface area (Å²) in [5.74, 6) is 0. The van der Waals surface area contributed by atoms with E-state index in [0.717, 1.165) is 18.1 Å². The van der Waals surface area contributed by atoms with Gasteiger partial charge in [-0.2, -0.15) is 0 Å².